The molecular formula is C10H17Br2NO3. The Bertz CT molecular complexity index is 252. The molecule has 1 fully saturated rings. The van der Waals surface area contributed by atoms with Crippen LogP contribution in [0.2, 0.25) is 0 Å². The Morgan fingerprint density at radius 3 is 2.38 bits per heavy atom. The number of carbonyl (C=O) groups excluding carboxylic acids is 2. The minimum Gasteiger partial charge on any atom is -0.466 e. The van der Waals surface area contributed by atoms with Gasteiger partial charge < -0.3 is 10.1 Å². The van der Waals surface area contributed by atoms with Crippen molar-refractivity contribution >= 4 is 43.6 Å². The van der Waals surface area contributed by atoms with Crippen LogP contribution in [0.5, 0.6) is 0 Å². The van der Waals surface area contributed by atoms with Crippen molar-refractivity contribution in [3.63, 3.8) is 0 Å². The van der Waals surface area contributed by atoms with Gasteiger partial charge in [0.25, 0.3) is 0 Å². The fourth-order valence-electron chi connectivity index (χ4n) is 1.91. The van der Waals surface area contributed by atoms with E-state index in [1.165, 1.54) is 0 Å². The molecule has 1 aliphatic heterocycles. The lowest BCUT2D eigenvalue weighted by Gasteiger charge is -2.34. The van der Waals surface area contributed by atoms with E-state index >= 15 is 0 Å². The lowest BCUT2D eigenvalue weighted by atomic mass is 9.76. The van der Waals surface area contributed by atoms with Crippen LogP contribution in [0.4, 0.5) is 0 Å². The summed E-state index contributed by atoms with van der Waals surface area (Å²) in [6.07, 6.45) is 1.57. The Morgan fingerprint density at radius 2 is 1.94 bits per heavy atom. The summed E-state index contributed by atoms with van der Waals surface area (Å²) in [6.45, 7) is 3.67. The highest BCUT2D eigenvalue weighted by Crippen LogP contribution is 2.35. The SMILES string of the molecule is Br.CCOC(=O)C1(CC(=O)Br)CCNCC1. The van der Waals surface area contributed by atoms with Gasteiger partial charge in [0, 0.05) is 6.42 Å². The summed E-state index contributed by atoms with van der Waals surface area (Å²) in [5.41, 5.74) is -0.609. The Kier molecular flexibility index (Phi) is 7.43. The number of carbonyl (C=O) groups is 2. The number of piperidine rings is 1. The minimum atomic E-state index is -0.609. The van der Waals surface area contributed by atoms with Crippen molar-refractivity contribution in [3.8, 4) is 0 Å². The largest absolute Gasteiger partial charge is 0.466 e. The zero-order chi connectivity index (χ0) is 11.3. The first-order valence-electron chi connectivity index (χ1n) is 5.17. The quantitative estimate of drug-likeness (QED) is 0.615. The molecule has 1 heterocycles. The summed E-state index contributed by atoms with van der Waals surface area (Å²) in [6, 6.07) is 0. The molecule has 0 amide bonds. The molecule has 1 aliphatic rings. The van der Waals surface area contributed by atoms with E-state index in [0.29, 0.717) is 19.4 Å². The highest BCUT2D eigenvalue weighted by Gasteiger charge is 2.42. The smallest absolute Gasteiger partial charge is 0.312 e. The van der Waals surface area contributed by atoms with E-state index in [0.717, 1.165) is 13.1 Å². The van der Waals surface area contributed by atoms with Crippen LogP contribution in [-0.4, -0.2) is 30.4 Å². The first kappa shape index (κ1) is 16.1. The van der Waals surface area contributed by atoms with Gasteiger partial charge in [-0.15, -0.1) is 17.0 Å². The lowest BCUT2D eigenvalue weighted by Crippen LogP contribution is -2.44. The predicted molar refractivity (Wildman–Crippen MR) is 70.0 cm³/mol. The average molecular weight is 359 g/mol. The van der Waals surface area contributed by atoms with Crippen LogP contribution < -0.4 is 5.32 Å². The van der Waals surface area contributed by atoms with Crippen molar-refractivity contribution in [3.05, 3.63) is 0 Å². The van der Waals surface area contributed by atoms with Gasteiger partial charge in [-0.3, -0.25) is 9.59 Å². The van der Waals surface area contributed by atoms with E-state index in [-0.39, 0.29) is 34.1 Å². The first-order chi connectivity index (χ1) is 7.10. The standard InChI is InChI=1S/C10H16BrNO3.BrH/c1-2-15-9(14)10(7-8(11)13)3-5-12-6-4-10;/h12H,2-7H2,1H3;1H. The maximum Gasteiger partial charge on any atom is 0.312 e. The molecule has 0 aromatic heterocycles. The summed E-state index contributed by atoms with van der Waals surface area (Å²) in [5.74, 6) is -0.237. The summed E-state index contributed by atoms with van der Waals surface area (Å²) in [4.78, 5) is 22.9. The highest BCUT2D eigenvalue weighted by molar-refractivity contribution is 9.18. The minimum absolute atomic E-state index is 0. The van der Waals surface area contributed by atoms with Crippen molar-refractivity contribution in [1.82, 2.24) is 5.32 Å². The van der Waals surface area contributed by atoms with Gasteiger partial charge in [-0.05, 0) is 48.8 Å². The molecule has 1 N–H and O–H groups in total. The number of rotatable bonds is 4. The molecule has 94 valence electrons. The fourth-order valence-corrected chi connectivity index (χ4v) is 2.45. The number of hydrogen-bond acceptors (Lipinski definition) is 4. The van der Waals surface area contributed by atoms with Crippen LogP contribution in [0.3, 0.4) is 0 Å². The monoisotopic (exact) mass is 357 g/mol. The van der Waals surface area contributed by atoms with Crippen molar-refractivity contribution in [2.24, 2.45) is 5.41 Å². The molecule has 0 atom stereocenters. The third kappa shape index (κ3) is 4.14. The second-order valence-electron chi connectivity index (χ2n) is 3.78. The van der Waals surface area contributed by atoms with Gasteiger partial charge in [0.2, 0.25) is 0 Å². The molecule has 1 saturated heterocycles. The van der Waals surface area contributed by atoms with Gasteiger partial charge in [-0.1, -0.05) is 0 Å². The van der Waals surface area contributed by atoms with Gasteiger partial charge in [0.05, 0.1) is 12.0 Å². The predicted octanol–water partition coefficient (Wildman–Crippen LogP) is 1.81. The molecule has 0 bridgehead atoms. The van der Waals surface area contributed by atoms with Crippen LogP contribution in [0.1, 0.15) is 26.2 Å². The Hall–Kier alpha value is 0.0600. The van der Waals surface area contributed by atoms with E-state index in [2.05, 4.69) is 21.2 Å². The summed E-state index contributed by atoms with van der Waals surface area (Å²) in [5, 5.41) is 3.18. The van der Waals surface area contributed by atoms with Crippen LogP contribution in [0.25, 0.3) is 0 Å². The number of ether oxygens (including phenoxy) is 1. The highest BCUT2D eigenvalue weighted by atomic mass is 79.9. The Balaban J connectivity index is 0.00000225. The third-order valence-electron chi connectivity index (χ3n) is 2.75. The molecule has 6 heteroatoms. The van der Waals surface area contributed by atoms with E-state index in [4.69, 9.17) is 4.74 Å². The van der Waals surface area contributed by atoms with Gasteiger partial charge in [0.1, 0.15) is 0 Å². The van der Waals surface area contributed by atoms with E-state index in [9.17, 15) is 9.59 Å². The zero-order valence-corrected chi connectivity index (χ0v) is 12.6. The van der Waals surface area contributed by atoms with Crippen LogP contribution in [0.15, 0.2) is 0 Å². The molecule has 16 heavy (non-hydrogen) atoms. The Morgan fingerprint density at radius 1 is 1.38 bits per heavy atom. The average Bonchev–Trinajstić information content (AvgIpc) is 2.18. The summed E-state index contributed by atoms with van der Waals surface area (Å²) >= 11 is 2.90. The van der Waals surface area contributed by atoms with Gasteiger partial charge in [0.15, 0.2) is 4.69 Å². The maximum atomic E-state index is 11.8. The molecule has 1 rings (SSSR count). The molecule has 0 aromatic carbocycles. The second-order valence-corrected chi connectivity index (χ2v) is 4.67. The molecule has 4 nitrogen and oxygen atoms in total. The second kappa shape index (κ2) is 7.40. The topological polar surface area (TPSA) is 55.4 Å². The summed E-state index contributed by atoms with van der Waals surface area (Å²) < 4.78 is 4.92. The number of hydrogen-bond donors (Lipinski definition) is 1. The number of halogens is 2. The summed E-state index contributed by atoms with van der Waals surface area (Å²) in [7, 11) is 0. The van der Waals surface area contributed by atoms with E-state index < -0.39 is 5.41 Å². The fraction of sp³-hybridized carbons (Fsp3) is 0.800. The molecule has 0 radical (unpaired) electrons. The van der Waals surface area contributed by atoms with Crippen LogP contribution >= 0.6 is 32.9 Å². The molecule has 0 saturated carbocycles. The molecule has 0 aliphatic carbocycles. The molecule has 0 unspecified atom stereocenters. The molecular weight excluding hydrogens is 342 g/mol. The van der Waals surface area contributed by atoms with Crippen molar-refractivity contribution < 1.29 is 14.3 Å². The van der Waals surface area contributed by atoms with Crippen LogP contribution in [0, 0.1) is 5.41 Å². The van der Waals surface area contributed by atoms with Gasteiger partial charge in [-0.2, -0.15) is 0 Å². The number of nitrogens with one attached hydrogen (secondary N) is 1. The molecule has 0 aromatic rings. The van der Waals surface area contributed by atoms with Gasteiger partial charge >= 0.3 is 5.97 Å². The van der Waals surface area contributed by atoms with E-state index in [1.807, 2.05) is 0 Å². The van der Waals surface area contributed by atoms with E-state index in [1.54, 1.807) is 6.92 Å². The zero-order valence-electron chi connectivity index (χ0n) is 9.25. The Labute approximate surface area is 114 Å². The third-order valence-corrected chi connectivity index (χ3v) is 3.03. The van der Waals surface area contributed by atoms with Crippen molar-refractivity contribution in [1.29, 1.82) is 0 Å². The normalized spacial score (nSPS) is 18.4. The maximum absolute atomic E-state index is 11.8. The lowest BCUT2D eigenvalue weighted by molar-refractivity contribution is -0.158. The van der Waals surface area contributed by atoms with Crippen molar-refractivity contribution in [2.75, 3.05) is 19.7 Å². The number of esters is 1. The van der Waals surface area contributed by atoms with Crippen molar-refractivity contribution in [2.45, 2.75) is 26.2 Å². The van der Waals surface area contributed by atoms with Crippen LogP contribution in [-0.2, 0) is 14.3 Å². The van der Waals surface area contributed by atoms with Gasteiger partial charge in [-0.25, -0.2) is 0 Å². The first-order valence-corrected chi connectivity index (χ1v) is 5.96. The molecule has 0 spiro atoms.